The molecular formula is C23H32N8O2. The smallest absolute Gasteiger partial charge is 0.321 e. The van der Waals surface area contributed by atoms with Crippen molar-refractivity contribution in [2.24, 2.45) is 5.16 Å². The summed E-state index contributed by atoms with van der Waals surface area (Å²) in [5, 5.41) is 6.93. The molecule has 10 nitrogen and oxygen atoms in total. The second-order valence-corrected chi connectivity index (χ2v) is 8.15. The van der Waals surface area contributed by atoms with Crippen molar-refractivity contribution >= 4 is 35.3 Å². The fourth-order valence-electron chi connectivity index (χ4n) is 4.17. The molecule has 0 radical (unpaired) electrons. The van der Waals surface area contributed by atoms with E-state index >= 15 is 0 Å². The first-order valence-electron chi connectivity index (χ1n) is 11.6. The van der Waals surface area contributed by atoms with Gasteiger partial charge >= 0.3 is 6.03 Å². The Hall–Kier alpha value is -3.56. The number of amides is 2. The van der Waals surface area contributed by atoms with E-state index in [1.807, 2.05) is 24.0 Å². The van der Waals surface area contributed by atoms with Crippen LogP contribution in [0, 0.1) is 0 Å². The minimum Gasteiger partial charge on any atom is -0.396 e. The normalized spacial score (nSPS) is 16.8. The molecule has 2 fully saturated rings. The number of rotatable bonds is 6. The van der Waals surface area contributed by atoms with Gasteiger partial charge in [0.2, 0.25) is 0 Å². The Bertz CT molecular complexity index is 951. The molecule has 0 bridgehead atoms. The molecular weight excluding hydrogens is 420 g/mol. The van der Waals surface area contributed by atoms with Crippen LogP contribution in [0.25, 0.3) is 0 Å². The van der Waals surface area contributed by atoms with Crippen LogP contribution < -0.4 is 20.9 Å². The average Bonchev–Trinajstić information content (AvgIpc) is 2.86. The lowest BCUT2D eigenvalue weighted by molar-refractivity contribution is 0.160. The van der Waals surface area contributed by atoms with Crippen molar-refractivity contribution in [3.8, 4) is 0 Å². The van der Waals surface area contributed by atoms with E-state index in [1.54, 1.807) is 6.21 Å². The summed E-state index contributed by atoms with van der Waals surface area (Å²) in [6.45, 7) is 6.94. The molecule has 2 amide bonds. The van der Waals surface area contributed by atoms with Crippen LogP contribution in [-0.2, 0) is 4.84 Å². The number of urea groups is 1. The van der Waals surface area contributed by atoms with Gasteiger partial charge in [-0.2, -0.15) is 0 Å². The summed E-state index contributed by atoms with van der Waals surface area (Å²) >= 11 is 0. The molecule has 0 atom stereocenters. The Kier molecular flexibility index (Phi) is 7.43. The lowest BCUT2D eigenvalue weighted by Gasteiger charge is -2.36. The third-order valence-electron chi connectivity index (χ3n) is 5.99. The highest BCUT2D eigenvalue weighted by Gasteiger charge is 2.24. The summed E-state index contributed by atoms with van der Waals surface area (Å²) in [5.41, 5.74) is 8.67. The molecule has 2 saturated heterocycles. The van der Waals surface area contributed by atoms with Crippen molar-refractivity contribution in [3.05, 3.63) is 36.2 Å². The Balaban J connectivity index is 1.33. The van der Waals surface area contributed by atoms with Gasteiger partial charge < -0.3 is 30.6 Å². The molecule has 1 aromatic carbocycles. The third kappa shape index (κ3) is 5.63. The number of nitrogens with zero attached hydrogens (tertiary/aromatic N) is 6. The molecule has 0 unspecified atom stereocenters. The SMILES string of the molecule is CCO/N=C/c1c(N)ncnc1N1CCN(C(=O)Nc2ccc(N3CCCCC3)cc2)CC1. The largest absolute Gasteiger partial charge is 0.396 e. The first-order chi connectivity index (χ1) is 16.2. The second-order valence-electron chi connectivity index (χ2n) is 8.15. The van der Waals surface area contributed by atoms with Gasteiger partial charge in [-0.1, -0.05) is 5.16 Å². The van der Waals surface area contributed by atoms with Crippen molar-refractivity contribution in [1.29, 1.82) is 0 Å². The molecule has 2 aliphatic rings. The van der Waals surface area contributed by atoms with Gasteiger partial charge in [0.05, 0.1) is 11.8 Å². The van der Waals surface area contributed by atoms with Crippen LogP contribution in [0.5, 0.6) is 0 Å². The number of hydrogen-bond acceptors (Lipinski definition) is 8. The fraction of sp³-hybridized carbons (Fsp3) is 0.478. The number of benzene rings is 1. The predicted octanol–water partition coefficient (Wildman–Crippen LogP) is 2.77. The number of nitrogen functional groups attached to an aromatic ring is 1. The maximum absolute atomic E-state index is 12.8. The lowest BCUT2D eigenvalue weighted by Crippen LogP contribution is -2.50. The molecule has 3 N–H and O–H groups in total. The number of piperidine rings is 1. The first-order valence-corrected chi connectivity index (χ1v) is 11.6. The molecule has 0 saturated carbocycles. The number of anilines is 4. The summed E-state index contributed by atoms with van der Waals surface area (Å²) in [6.07, 6.45) is 6.78. The van der Waals surface area contributed by atoms with Crippen LogP contribution in [0.2, 0.25) is 0 Å². The standard InChI is InChI=1S/C23H32N8O2/c1-2-33-27-16-20-21(24)25-17-26-22(20)30-12-14-31(15-13-30)23(32)28-18-6-8-19(9-7-18)29-10-4-3-5-11-29/h6-9,16-17H,2-5,10-15H2,1H3,(H,28,32)(H2,24,25,26)/b27-16+. The van der Waals surface area contributed by atoms with Crippen molar-refractivity contribution in [3.63, 3.8) is 0 Å². The van der Waals surface area contributed by atoms with Crippen LogP contribution in [0.3, 0.4) is 0 Å². The topological polar surface area (TPSA) is 112 Å². The van der Waals surface area contributed by atoms with Crippen molar-refractivity contribution in [2.45, 2.75) is 26.2 Å². The summed E-state index contributed by atoms with van der Waals surface area (Å²) in [7, 11) is 0. The number of piperazine rings is 1. The molecule has 2 aromatic rings. The van der Waals surface area contributed by atoms with Gasteiger partial charge in [-0.15, -0.1) is 0 Å². The van der Waals surface area contributed by atoms with E-state index in [2.05, 4.69) is 42.4 Å². The number of aromatic nitrogens is 2. The Morgan fingerprint density at radius 3 is 2.48 bits per heavy atom. The molecule has 0 spiro atoms. The monoisotopic (exact) mass is 452 g/mol. The van der Waals surface area contributed by atoms with Crippen molar-refractivity contribution in [2.75, 3.05) is 66.7 Å². The fourth-order valence-corrected chi connectivity index (χ4v) is 4.17. The van der Waals surface area contributed by atoms with Gasteiger partial charge in [-0.25, -0.2) is 14.8 Å². The van der Waals surface area contributed by atoms with E-state index in [0.717, 1.165) is 18.8 Å². The minimum absolute atomic E-state index is 0.0966. The molecule has 3 heterocycles. The van der Waals surface area contributed by atoms with E-state index < -0.39 is 0 Å². The zero-order chi connectivity index (χ0) is 23.0. The highest BCUT2D eigenvalue weighted by Crippen LogP contribution is 2.23. The highest BCUT2D eigenvalue weighted by molar-refractivity contribution is 5.92. The molecule has 0 aliphatic carbocycles. The summed E-state index contributed by atoms with van der Waals surface area (Å²) in [5.74, 6) is 1.04. The zero-order valence-electron chi connectivity index (χ0n) is 19.1. The highest BCUT2D eigenvalue weighted by atomic mass is 16.6. The average molecular weight is 453 g/mol. The Morgan fingerprint density at radius 2 is 1.79 bits per heavy atom. The maximum atomic E-state index is 12.8. The third-order valence-corrected chi connectivity index (χ3v) is 5.99. The quantitative estimate of drug-likeness (QED) is 0.512. The lowest BCUT2D eigenvalue weighted by atomic mass is 10.1. The van der Waals surface area contributed by atoms with E-state index in [0.29, 0.717) is 50.0 Å². The number of carbonyl (C=O) groups is 1. The van der Waals surface area contributed by atoms with Crippen molar-refractivity contribution < 1.29 is 9.63 Å². The number of oxime groups is 1. The molecule has 33 heavy (non-hydrogen) atoms. The predicted molar refractivity (Wildman–Crippen MR) is 131 cm³/mol. The Morgan fingerprint density at radius 1 is 1.06 bits per heavy atom. The first kappa shape index (κ1) is 22.6. The van der Waals surface area contributed by atoms with Crippen molar-refractivity contribution in [1.82, 2.24) is 14.9 Å². The number of carbonyl (C=O) groups excluding carboxylic acids is 1. The Labute approximate surface area is 194 Å². The van der Waals surface area contributed by atoms with Gasteiger partial charge in [0.25, 0.3) is 0 Å². The molecule has 4 rings (SSSR count). The van der Waals surface area contributed by atoms with Gasteiger partial charge in [0.15, 0.2) is 0 Å². The van der Waals surface area contributed by atoms with E-state index in [1.165, 1.54) is 31.3 Å². The second kappa shape index (κ2) is 10.8. The number of nitrogens with two attached hydrogens (primary N) is 1. The van der Waals surface area contributed by atoms with Crippen LogP contribution in [0.1, 0.15) is 31.7 Å². The molecule has 176 valence electrons. The summed E-state index contributed by atoms with van der Waals surface area (Å²) in [6, 6.07) is 8.03. The molecule has 1 aromatic heterocycles. The summed E-state index contributed by atoms with van der Waals surface area (Å²) < 4.78 is 0. The van der Waals surface area contributed by atoms with Gasteiger partial charge in [0, 0.05) is 50.6 Å². The van der Waals surface area contributed by atoms with Gasteiger partial charge in [-0.05, 0) is 50.5 Å². The van der Waals surface area contributed by atoms with Crippen LogP contribution in [-0.4, -0.2) is 73.0 Å². The number of nitrogens with one attached hydrogen (secondary N) is 1. The van der Waals surface area contributed by atoms with Gasteiger partial charge in [0.1, 0.15) is 24.6 Å². The van der Waals surface area contributed by atoms with E-state index in [9.17, 15) is 4.79 Å². The van der Waals surface area contributed by atoms with Crippen LogP contribution >= 0.6 is 0 Å². The zero-order valence-corrected chi connectivity index (χ0v) is 19.1. The minimum atomic E-state index is -0.0966. The summed E-state index contributed by atoms with van der Waals surface area (Å²) in [4.78, 5) is 32.6. The van der Waals surface area contributed by atoms with E-state index in [4.69, 9.17) is 10.6 Å². The molecule has 2 aliphatic heterocycles. The van der Waals surface area contributed by atoms with Crippen LogP contribution in [0.15, 0.2) is 35.7 Å². The van der Waals surface area contributed by atoms with Gasteiger partial charge in [-0.3, -0.25) is 0 Å². The maximum Gasteiger partial charge on any atom is 0.321 e. The number of hydrogen-bond donors (Lipinski definition) is 2. The molecule has 10 heteroatoms. The van der Waals surface area contributed by atoms with E-state index in [-0.39, 0.29) is 6.03 Å². The van der Waals surface area contributed by atoms with Crippen LogP contribution in [0.4, 0.5) is 27.8 Å².